The first-order valence-electron chi connectivity index (χ1n) is 7.16. The van der Waals surface area contributed by atoms with Crippen molar-refractivity contribution in [3.05, 3.63) is 64.4 Å². The van der Waals surface area contributed by atoms with Gasteiger partial charge in [-0.2, -0.15) is 0 Å². The second-order valence-corrected chi connectivity index (χ2v) is 4.99. The zero-order chi connectivity index (χ0) is 16.1. The Morgan fingerprint density at radius 1 is 1.13 bits per heavy atom. The summed E-state index contributed by atoms with van der Waals surface area (Å²) < 4.78 is 0. The number of rotatable bonds is 4. The molecule has 3 N–H and O–H groups in total. The lowest BCUT2D eigenvalue weighted by molar-refractivity contribution is 0.252. The van der Waals surface area contributed by atoms with Crippen molar-refractivity contribution in [1.29, 1.82) is 0 Å². The molecule has 0 saturated heterocycles. The van der Waals surface area contributed by atoms with Crippen LogP contribution in [0.15, 0.2) is 53.3 Å². The Labute approximate surface area is 131 Å². The van der Waals surface area contributed by atoms with E-state index in [4.69, 9.17) is 0 Å². The van der Waals surface area contributed by atoms with Gasteiger partial charge in [-0.1, -0.05) is 35.5 Å². The molecule has 116 valence electrons. The number of nitrogens with zero attached hydrogens (tertiary/aromatic N) is 2. The molecule has 0 aliphatic carbocycles. The fourth-order valence-corrected chi connectivity index (χ4v) is 2.21. The molecule has 3 aromatic rings. The number of hydrogen-bond donors (Lipinski definition) is 3. The molecule has 0 unspecified atom stereocenters. The molecule has 1 heterocycles. The van der Waals surface area contributed by atoms with Crippen LogP contribution in [0, 0.1) is 0 Å². The molecule has 1 aromatic heterocycles. The highest BCUT2D eigenvalue weighted by molar-refractivity contribution is 5.92. The first kappa shape index (κ1) is 14.7. The summed E-state index contributed by atoms with van der Waals surface area (Å²) in [6, 6.07) is 14.5. The van der Waals surface area contributed by atoms with E-state index in [-0.39, 0.29) is 11.6 Å². The SMILES string of the molecule is O=C(NCCc1ccccc1)Nc1ccc2nn[nH]c(=O)c2c1. The summed E-state index contributed by atoms with van der Waals surface area (Å²) in [5.74, 6) is 0. The third-order valence-corrected chi connectivity index (χ3v) is 3.35. The van der Waals surface area contributed by atoms with E-state index in [9.17, 15) is 9.59 Å². The molecule has 3 rings (SSSR count). The zero-order valence-corrected chi connectivity index (χ0v) is 12.2. The number of anilines is 1. The molecular weight excluding hydrogens is 294 g/mol. The molecule has 23 heavy (non-hydrogen) atoms. The second kappa shape index (κ2) is 6.69. The Morgan fingerprint density at radius 2 is 1.96 bits per heavy atom. The molecule has 0 atom stereocenters. The Hall–Kier alpha value is -3.22. The van der Waals surface area contributed by atoms with Gasteiger partial charge >= 0.3 is 6.03 Å². The van der Waals surface area contributed by atoms with E-state index in [0.29, 0.717) is 23.1 Å². The van der Waals surface area contributed by atoms with Gasteiger partial charge in [-0.25, -0.2) is 9.89 Å². The average Bonchev–Trinajstić information content (AvgIpc) is 2.57. The van der Waals surface area contributed by atoms with Crippen molar-refractivity contribution in [2.45, 2.75) is 6.42 Å². The maximum Gasteiger partial charge on any atom is 0.319 e. The monoisotopic (exact) mass is 309 g/mol. The molecule has 2 aromatic carbocycles. The second-order valence-electron chi connectivity index (χ2n) is 4.99. The Balaban J connectivity index is 1.59. The van der Waals surface area contributed by atoms with Gasteiger partial charge in [-0.15, -0.1) is 5.10 Å². The molecule has 0 fully saturated rings. The lowest BCUT2D eigenvalue weighted by Gasteiger charge is -2.08. The fraction of sp³-hybridized carbons (Fsp3) is 0.125. The minimum absolute atomic E-state index is 0.321. The van der Waals surface area contributed by atoms with Crippen LogP contribution in [-0.2, 0) is 6.42 Å². The summed E-state index contributed by atoms with van der Waals surface area (Å²) in [6.07, 6.45) is 0.751. The minimum atomic E-state index is -0.344. The predicted octanol–water partition coefficient (Wildman–Crippen LogP) is 1.68. The van der Waals surface area contributed by atoms with E-state index < -0.39 is 0 Å². The van der Waals surface area contributed by atoms with Crippen molar-refractivity contribution in [2.24, 2.45) is 0 Å². The summed E-state index contributed by atoms with van der Waals surface area (Å²) in [5, 5.41) is 15.4. The molecule has 0 radical (unpaired) electrons. The number of carbonyl (C=O) groups excluding carboxylic acids is 1. The Morgan fingerprint density at radius 3 is 2.78 bits per heavy atom. The topological polar surface area (TPSA) is 99.8 Å². The van der Waals surface area contributed by atoms with Crippen molar-refractivity contribution in [1.82, 2.24) is 20.7 Å². The van der Waals surface area contributed by atoms with Crippen molar-refractivity contribution in [3.63, 3.8) is 0 Å². The number of hydrogen-bond acceptors (Lipinski definition) is 4. The predicted molar refractivity (Wildman–Crippen MR) is 87.3 cm³/mol. The third kappa shape index (κ3) is 3.70. The van der Waals surface area contributed by atoms with Gasteiger partial charge in [0.2, 0.25) is 0 Å². The number of H-pyrrole nitrogens is 1. The van der Waals surface area contributed by atoms with E-state index in [0.717, 1.165) is 12.0 Å². The van der Waals surface area contributed by atoms with Crippen molar-refractivity contribution >= 4 is 22.6 Å². The van der Waals surface area contributed by atoms with E-state index in [2.05, 4.69) is 26.0 Å². The van der Waals surface area contributed by atoms with Gasteiger partial charge in [0.1, 0.15) is 5.52 Å². The lowest BCUT2D eigenvalue weighted by atomic mass is 10.1. The number of nitrogens with one attached hydrogen (secondary N) is 3. The van der Waals surface area contributed by atoms with Crippen LogP contribution in [0.2, 0.25) is 0 Å². The van der Waals surface area contributed by atoms with Crippen molar-refractivity contribution < 1.29 is 4.79 Å². The van der Waals surface area contributed by atoms with E-state index in [1.165, 1.54) is 0 Å². The van der Waals surface area contributed by atoms with Crippen LogP contribution in [0.4, 0.5) is 10.5 Å². The van der Waals surface area contributed by atoms with E-state index >= 15 is 0 Å². The molecule has 7 nitrogen and oxygen atoms in total. The molecule has 0 aliphatic heterocycles. The summed E-state index contributed by atoms with van der Waals surface area (Å²) in [6.45, 7) is 0.523. The van der Waals surface area contributed by atoms with Gasteiger partial charge in [0, 0.05) is 12.2 Å². The number of fused-ring (bicyclic) bond motifs is 1. The lowest BCUT2D eigenvalue weighted by Crippen LogP contribution is -2.30. The fourth-order valence-electron chi connectivity index (χ4n) is 2.21. The number of aromatic amines is 1. The van der Waals surface area contributed by atoms with Gasteiger partial charge < -0.3 is 10.6 Å². The molecule has 0 saturated carbocycles. The number of carbonyl (C=O) groups is 1. The summed E-state index contributed by atoms with van der Waals surface area (Å²) in [4.78, 5) is 23.5. The normalized spacial score (nSPS) is 10.4. The number of aromatic nitrogens is 3. The quantitative estimate of drug-likeness (QED) is 0.682. The smallest absolute Gasteiger partial charge is 0.319 e. The number of urea groups is 1. The van der Waals surface area contributed by atoms with Gasteiger partial charge in [-0.05, 0) is 30.2 Å². The van der Waals surface area contributed by atoms with Gasteiger partial charge in [0.05, 0.1) is 5.39 Å². The maximum atomic E-state index is 11.9. The van der Waals surface area contributed by atoms with Gasteiger partial charge in [-0.3, -0.25) is 4.79 Å². The van der Waals surface area contributed by atoms with Crippen molar-refractivity contribution in [2.75, 3.05) is 11.9 Å². The van der Waals surface area contributed by atoms with Crippen LogP contribution in [0.25, 0.3) is 10.9 Å². The highest BCUT2D eigenvalue weighted by atomic mass is 16.2. The molecule has 0 aliphatic rings. The molecule has 0 bridgehead atoms. The van der Waals surface area contributed by atoms with Crippen LogP contribution in [0.1, 0.15) is 5.56 Å². The van der Waals surface area contributed by atoms with Crippen LogP contribution in [-0.4, -0.2) is 28.0 Å². The van der Waals surface area contributed by atoms with Crippen LogP contribution < -0.4 is 16.2 Å². The maximum absolute atomic E-state index is 11.9. The Kier molecular flexibility index (Phi) is 4.28. The van der Waals surface area contributed by atoms with E-state index in [1.54, 1.807) is 18.2 Å². The summed E-state index contributed by atoms with van der Waals surface area (Å²) >= 11 is 0. The summed E-state index contributed by atoms with van der Waals surface area (Å²) in [5.41, 5.74) is 1.81. The first-order valence-corrected chi connectivity index (χ1v) is 7.16. The highest BCUT2D eigenvalue weighted by Crippen LogP contribution is 2.13. The number of amides is 2. The number of benzene rings is 2. The van der Waals surface area contributed by atoms with E-state index in [1.807, 2.05) is 30.3 Å². The van der Waals surface area contributed by atoms with Crippen LogP contribution in [0.5, 0.6) is 0 Å². The molecule has 7 heteroatoms. The third-order valence-electron chi connectivity index (χ3n) is 3.35. The zero-order valence-electron chi connectivity index (χ0n) is 12.2. The molecule has 0 spiro atoms. The Bertz CT molecular complexity index is 876. The van der Waals surface area contributed by atoms with Crippen LogP contribution in [0.3, 0.4) is 0 Å². The molecular formula is C16H15N5O2. The van der Waals surface area contributed by atoms with Crippen molar-refractivity contribution in [3.8, 4) is 0 Å². The largest absolute Gasteiger partial charge is 0.338 e. The standard InChI is InChI=1S/C16H15N5O2/c22-15-13-10-12(6-7-14(13)19-21-20-15)18-16(23)17-9-8-11-4-2-1-3-5-11/h1-7,10H,8-9H2,(H2,17,18,23)(H,19,20,22). The molecule has 2 amide bonds. The van der Waals surface area contributed by atoms with Crippen LogP contribution >= 0.6 is 0 Å². The summed E-state index contributed by atoms with van der Waals surface area (Å²) in [7, 11) is 0. The minimum Gasteiger partial charge on any atom is -0.338 e. The average molecular weight is 309 g/mol. The van der Waals surface area contributed by atoms with Gasteiger partial charge in [0.25, 0.3) is 5.56 Å². The first-order chi connectivity index (χ1) is 11.2. The highest BCUT2D eigenvalue weighted by Gasteiger charge is 2.05. The van der Waals surface area contributed by atoms with Gasteiger partial charge in [0.15, 0.2) is 0 Å².